The molecule has 0 atom stereocenters. The molecule has 0 saturated heterocycles. The van der Waals surface area contributed by atoms with Crippen LogP contribution in [0.4, 0.5) is 0 Å². The number of nitrogens with zero attached hydrogens (tertiary/aromatic N) is 2. The summed E-state index contributed by atoms with van der Waals surface area (Å²) in [4.78, 5) is 7.93. The summed E-state index contributed by atoms with van der Waals surface area (Å²) in [6.45, 7) is 0. The first-order chi connectivity index (χ1) is 7.65. The SMILES string of the molecule is Clc1ccc(Oc2ncc(Br)cn2)c(Cl)c1. The summed E-state index contributed by atoms with van der Waals surface area (Å²) >= 11 is 14.9. The molecule has 0 aliphatic heterocycles. The van der Waals surface area contributed by atoms with Crippen molar-refractivity contribution in [1.29, 1.82) is 0 Å². The van der Waals surface area contributed by atoms with Gasteiger partial charge in [-0.05, 0) is 34.1 Å². The number of halogens is 3. The highest BCUT2D eigenvalue weighted by Gasteiger charge is 2.05. The summed E-state index contributed by atoms with van der Waals surface area (Å²) in [5.41, 5.74) is 0. The van der Waals surface area contributed by atoms with E-state index in [0.29, 0.717) is 15.8 Å². The average molecular weight is 320 g/mol. The third kappa shape index (κ3) is 2.84. The first kappa shape index (κ1) is 11.6. The molecule has 3 nitrogen and oxygen atoms in total. The van der Waals surface area contributed by atoms with Gasteiger partial charge in [0.05, 0.1) is 9.50 Å². The third-order valence-corrected chi connectivity index (χ3v) is 2.63. The van der Waals surface area contributed by atoms with Crippen LogP contribution in [0.15, 0.2) is 35.1 Å². The van der Waals surface area contributed by atoms with Crippen LogP contribution in [0.25, 0.3) is 0 Å². The predicted octanol–water partition coefficient (Wildman–Crippen LogP) is 4.34. The number of aromatic nitrogens is 2. The zero-order valence-corrected chi connectivity index (χ0v) is 10.9. The molecule has 0 unspecified atom stereocenters. The van der Waals surface area contributed by atoms with Crippen molar-refractivity contribution in [3.05, 3.63) is 45.1 Å². The molecule has 1 heterocycles. The normalized spacial score (nSPS) is 10.2. The zero-order valence-electron chi connectivity index (χ0n) is 7.82. The predicted molar refractivity (Wildman–Crippen MR) is 66.3 cm³/mol. The highest BCUT2D eigenvalue weighted by molar-refractivity contribution is 9.10. The van der Waals surface area contributed by atoms with Gasteiger partial charge in [-0.3, -0.25) is 0 Å². The molecule has 0 bridgehead atoms. The van der Waals surface area contributed by atoms with Crippen LogP contribution in [-0.2, 0) is 0 Å². The Morgan fingerprint density at radius 3 is 2.44 bits per heavy atom. The van der Waals surface area contributed by atoms with Crippen LogP contribution in [0, 0.1) is 0 Å². The summed E-state index contributed by atoms with van der Waals surface area (Å²) < 4.78 is 6.17. The van der Waals surface area contributed by atoms with Crippen LogP contribution < -0.4 is 4.74 Å². The van der Waals surface area contributed by atoms with Crippen LogP contribution in [0.3, 0.4) is 0 Å². The Bertz CT molecular complexity index is 505. The minimum Gasteiger partial charge on any atom is -0.423 e. The second-order valence-corrected chi connectivity index (χ2v) is 4.62. The summed E-state index contributed by atoms with van der Waals surface area (Å²) in [6, 6.07) is 5.17. The second kappa shape index (κ2) is 4.99. The summed E-state index contributed by atoms with van der Waals surface area (Å²) in [5, 5.41) is 0.966. The lowest BCUT2D eigenvalue weighted by atomic mass is 10.3. The van der Waals surface area contributed by atoms with Crippen molar-refractivity contribution in [2.45, 2.75) is 0 Å². The van der Waals surface area contributed by atoms with Gasteiger partial charge in [-0.15, -0.1) is 0 Å². The van der Waals surface area contributed by atoms with E-state index < -0.39 is 0 Å². The maximum Gasteiger partial charge on any atom is 0.321 e. The van der Waals surface area contributed by atoms with Gasteiger partial charge in [0, 0.05) is 17.4 Å². The minimum absolute atomic E-state index is 0.229. The molecule has 1 aromatic heterocycles. The van der Waals surface area contributed by atoms with Crippen molar-refractivity contribution in [1.82, 2.24) is 9.97 Å². The Hall–Kier alpha value is -0.840. The zero-order chi connectivity index (χ0) is 11.5. The van der Waals surface area contributed by atoms with E-state index >= 15 is 0 Å². The van der Waals surface area contributed by atoms with Crippen molar-refractivity contribution in [2.75, 3.05) is 0 Å². The maximum absolute atomic E-state index is 5.94. The van der Waals surface area contributed by atoms with Gasteiger partial charge < -0.3 is 4.74 Å². The van der Waals surface area contributed by atoms with Crippen molar-refractivity contribution in [3.63, 3.8) is 0 Å². The fourth-order valence-electron chi connectivity index (χ4n) is 1.01. The molecule has 0 saturated carbocycles. The average Bonchev–Trinajstić information content (AvgIpc) is 2.25. The summed E-state index contributed by atoms with van der Waals surface area (Å²) in [5.74, 6) is 0.466. The molecular formula is C10H5BrCl2N2O. The molecule has 82 valence electrons. The van der Waals surface area contributed by atoms with Gasteiger partial charge in [-0.1, -0.05) is 23.2 Å². The Labute approximate surface area is 111 Å². The van der Waals surface area contributed by atoms with Gasteiger partial charge in [-0.2, -0.15) is 0 Å². The van der Waals surface area contributed by atoms with Crippen LogP contribution in [0.5, 0.6) is 11.8 Å². The van der Waals surface area contributed by atoms with Crippen molar-refractivity contribution in [2.24, 2.45) is 0 Å². The van der Waals surface area contributed by atoms with Gasteiger partial charge >= 0.3 is 6.01 Å². The Balaban J connectivity index is 2.23. The quantitative estimate of drug-likeness (QED) is 0.826. The van der Waals surface area contributed by atoms with E-state index in [4.69, 9.17) is 27.9 Å². The second-order valence-electron chi connectivity index (χ2n) is 2.86. The fourth-order valence-corrected chi connectivity index (χ4v) is 1.66. The van der Waals surface area contributed by atoms with Crippen molar-refractivity contribution < 1.29 is 4.74 Å². The molecule has 16 heavy (non-hydrogen) atoms. The van der Waals surface area contributed by atoms with E-state index in [2.05, 4.69) is 25.9 Å². The highest BCUT2D eigenvalue weighted by Crippen LogP contribution is 2.30. The first-order valence-corrected chi connectivity index (χ1v) is 5.80. The van der Waals surface area contributed by atoms with E-state index in [9.17, 15) is 0 Å². The number of hydrogen-bond acceptors (Lipinski definition) is 3. The van der Waals surface area contributed by atoms with Crippen LogP contribution in [-0.4, -0.2) is 9.97 Å². The van der Waals surface area contributed by atoms with Crippen LogP contribution >= 0.6 is 39.1 Å². The number of rotatable bonds is 2. The first-order valence-electron chi connectivity index (χ1n) is 4.25. The lowest BCUT2D eigenvalue weighted by Gasteiger charge is -2.05. The molecule has 2 aromatic rings. The molecule has 1 aromatic carbocycles. The van der Waals surface area contributed by atoms with Gasteiger partial charge in [0.15, 0.2) is 0 Å². The molecular weight excluding hydrogens is 315 g/mol. The molecule has 0 aliphatic rings. The molecule has 0 N–H and O–H groups in total. The van der Waals surface area contributed by atoms with Gasteiger partial charge in [0.1, 0.15) is 5.75 Å². The smallest absolute Gasteiger partial charge is 0.321 e. The van der Waals surface area contributed by atoms with Gasteiger partial charge in [-0.25, -0.2) is 9.97 Å². The van der Waals surface area contributed by atoms with E-state index in [-0.39, 0.29) is 6.01 Å². The standard InChI is InChI=1S/C10H5BrCl2N2O/c11-6-4-14-10(15-5-6)16-9-2-1-7(12)3-8(9)13/h1-5H. The Kier molecular flexibility index (Phi) is 3.63. The van der Waals surface area contributed by atoms with Gasteiger partial charge in [0.25, 0.3) is 0 Å². The summed E-state index contributed by atoms with van der Waals surface area (Å²) in [6.07, 6.45) is 3.18. The lowest BCUT2D eigenvalue weighted by molar-refractivity contribution is 0.441. The Morgan fingerprint density at radius 2 is 1.81 bits per heavy atom. The van der Waals surface area contributed by atoms with E-state index in [1.165, 1.54) is 0 Å². The lowest BCUT2D eigenvalue weighted by Crippen LogP contribution is -1.91. The monoisotopic (exact) mass is 318 g/mol. The Morgan fingerprint density at radius 1 is 1.12 bits per heavy atom. The molecule has 0 spiro atoms. The summed E-state index contributed by atoms with van der Waals surface area (Å²) in [7, 11) is 0. The molecule has 0 fully saturated rings. The largest absolute Gasteiger partial charge is 0.423 e. The molecule has 0 aliphatic carbocycles. The number of benzene rings is 1. The number of ether oxygens (including phenoxy) is 1. The van der Waals surface area contributed by atoms with E-state index in [1.54, 1.807) is 30.6 Å². The minimum atomic E-state index is 0.229. The maximum atomic E-state index is 5.94. The van der Waals surface area contributed by atoms with Crippen molar-refractivity contribution in [3.8, 4) is 11.8 Å². The van der Waals surface area contributed by atoms with Crippen LogP contribution in [0.1, 0.15) is 0 Å². The highest BCUT2D eigenvalue weighted by atomic mass is 79.9. The van der Waals surface area contributed by atoms with E-state index in [1.807, 2.05) is 0 Å². The van der Waals surface area contributed by atoms with E-state index in [0.717, 1.165) is 4.47 Å². The molecule has 6 heteroatoms. The van der Waals surface area contributed by atoms with Gasteiger partial charge in [0.2, 0.25) is 0 Å². The molecule has 0 amide bonds. The molecule has 0 radical (unpaired) electrons. The topological polar surface area (TPSA) is 35.0 Å². The molecule has 2 rings (SSSR count). The fraction of sp³-hybridized carbons (Fsp3) is 0. The third-order valence-electron chi connectivity index (χ3n) is 1.69. The number of hydrogen-bond donors (Lipinski definition) is 0. The van der Waals surface area contributed by atoms with Crippen molar-refractivity contribution >= 4 is 39.1 Å². The van der Waals surface area contributed by atoms with Crippen LogP contribution in [0.2, 0.25) is 10.0 Å².